The fourth-order valence-electron chi connectivity index (χ4n) is 1.42. The van der Waals surface area contributed by atoms with Crippen LogP contribution in [0.15, 0.2) is 0 Å². The summed E-state index contributed by atoms with van der Waals surface area (Å²) in [6, 6.07) is 0. The SMILES string of the molecule is O=S(O)C(F)(F)C(F)(F)OC(F)(F)C(F)(F)OC(F)(F)C(F)(F)C(F)(F)C(F)(F)C(F)(F)C(F)(F)Cl. The predicted molar refractivity (Wildman–Crippen MR) is 68.3 cm³/mol. The van der Waals surface area contributed by atoms with Crippen molar-refractivity contribution in [3.8, 4) is 0 Å². The van der Waals surface area contributed by atoms with E-state index in [0.717, 1.165) is 4.74 Å². The van der Waals surface area contributed by atoms with Crippen LogP contribution >= 0.6 is 11.6 Å². The van der Waals surface area contributed by atoms with Crippen molar-refractivity contribution in [2.45, 2.75) is 58.8 Å². The minimum absolute atomic E-state index is 1.07. The van der Waals surface area contributed by atoms with Gasteiger partial charge >= 0.3 is 58.8 Å². The van der Waals surface area contributed by atoms with Gasteiger partial charge in [0.15, 0.2) is 0 Å². The van der Waals surface area contributed by atoms with E-state index in [0.29, 0.717) is 0 Å². The van der Waals surface area contributed by atoms with Crippen LogP contribution in [0.25, 0.3) is 0 Å². The van der Waals surface area contributed by atoms with E-state index in [-0.39, 0.29) is 0 Å². The van der Waals surface area contributed by atoms with E-state index in [1.807, 2.05) is 0 Å². The van der Waals surface area contributed by atoms with E-state index in [1.165, 1.54) is 4.74 Å². The normalized spacial score (nSPS) is 17.4. The molecule has 1 atom stereocenters. The standard InChI is InChI=1S/C10HClF20O4S/c11-5(20,21)3(16,17)1(12,13)2(14,15)4(18,19)6(22,23)34-7(24,25)8(26,27)35-9(28,29)10(30,31)36(32)33/h(H,32,33). The second kappa shape index (κ2) is 9.00. The van der Waals surface area contributed by atoms with Crippen molar-refractivity contribution in [1.29, 1.82) is 0 Å². The van der Waals surface area contributed by atoms with Gasteiger partial charge < -0.3 is 4.55 Å². The second-order valence-corrected chi connectivity index (χ2v) is 7.32. The van der Waals surface area contributed by atoms with Gasteiger partial charge in [-0.05, 0) is 11.6 Å². The first-order valence-electron chi connectivity index (χ1n) is 7.09. The Morgan fingerprint density at radius 1 is 0.472 bits per heavy atom. The van der Waals surface area contributed by atoms with Gasteiger partial charge in [0, 0.05) is 0 Å². The smallest absolute Gasteiger partial charge is 0.301 e. The van der Waals surface area contributed by atoms with Crippen LogP contribution in [-0.4, -0.2) is 67.5 Å². The molecule has 1 unspecified atom stereocenters. The summed E-state index contributed by atoms with van der Waals surface area (Å²) in [6.07, 6.45) is -31.6. The van der Waals surface area contributed by atoms with Crippen LogP contribution in [0.1, 0.15) is 0 Å². The number of hydrogen-bond acceptors (Lipinski definition) is 3. The van der Waals surface area contributed by atoms with E-state index >= 15 is 0 Å². The Morgan fingerprint density at radius 2 is 0.750 bits per heavy atom. The maximum absolute atomic E-state index is 13.3. The molecule has 0 rings (SSSR count). The Balaban J connectivity index is 6.49. The highest BCUT2D eigenvalue weighted by Gasteiger charge is 2.91. The summed E-state index contributed by atoms with van der Waals surface area (Å²) in [5, 5.41) is -13.8. The molecule has 26 heteroatoms. The zero-order valence-corrected chi connectivity index (χ0v) is 16.6. The summed E-state index contributed by atoms with van der Waals surface area (Å²) in [5.41, 5.74) is 0. The fraction of sp³-hybridized carbons (Fsp3) is 1.00. The molecule has 0 aromatic heterocycles. The summed E-state index contributed by atoms with van der Waals surface area (Å²) in [5.74, 6) is -33.8. The van der Waals surface area contributed by atoms with Crippen LogP contribution < -0.4 is 0 Å². The Hall–Kier alpha value is -1.08. The van der Waals surface area contributed by atoms with Gasteiger partial charge in [0.1, 0.15) is 0 Å². The molecule has 218 valence electrons. The molecule has 0 aliphatic heterocycles. The third-order valence-electron chi connectivity index (χ3n) is 3.31. The molecule has 0 bridgehead atoms. The van der Waals surface area contributed by atoms with Gasteiger partial charge in [-0.3, -0.25) is 0 Å². The van der Waals surface area contributed by atoms with Crippen LogP contribution in [0.4, 0.5) is 87.8 Å². The van der Waals surface area contributed by atoms with Crippen LogP contribution in [0.2, 0.25) is 0 Å². The highest BCUT2D eigenvalue weighted by molar-refractivity contribution is 7.80. The zero-order valence-electron chi connectivity index (χ0n) is 15.0. The highest BCUT2D eigenvalue weighted by atomic mass is 35.5. The lowest BCUT2D eigenvalue weighted by Gasteiger charge is -2.40. The summed E-state index contributed by atoms with van der Waals surface area (Å²) in [6.45, 7) is 0. The fourth-order valence-corrected chi connectivity index (χ4v) is 1.78. The molecule has 4 nitrogen and oxygen atoms in total. The van der Waals surface area contributed by atoms with Crippen LogP contribution in [0, 0.1) is 0 Å². The lowest BCUT2D eigenvalue weighted by atomic mass is 9.97. The molecule has 0 saturated carbocycles. The molecule has 0 aliphatic carbocycles. The minimum atomic E-state index is -8.69. The minimum Gasteiger partial charge on any atom is -0.301 e. The van der Waals surface area contributed by atoms with Crippen molar-refractivity contribution in [3.63, 3.8) is 0 Å². The molecular formula is C10HClF20O4S. The van der Waals surface area contributed by atoms with Crippen LogP contribution in [0.5, 0.6) is 0 Å². The van der Waals surface area contributed by atoms with E-state index in [2.05, 4.69) is 11.6 Å². The number of rotatable bonds is 12. The highest BCUT2D eigenvalue weighted by Crippen LogP contribution is 2.62. The Bertz CT molecular complexity index is 837. The second-order valence-electron chi connectivity index (χ2n) is 5.83. The largest absolute Gasteiger partial charge is 0.453 e. The Labute approximate surface area is 188 Å². The number of hydrogen-bond donors (Lipinski definition) is 1. The number of ether oxygens (including phenoxy) is 2. The Kier molecular flexibility index (Phi) is 8.73. The van der Waals surface area contributed by atoms with Crippen molar-refractivity contribution < 1.29 is 106 Å². The van der Waals surface area contributed by atoms with Crippen molar-refractivity contribution >= 4 is 22.7 Å². The van der Waals surface area contributed by atoms with Crippen LogP contribution in [-0.2, 0) is 20.6 Å². The van der Waals surface area contributed by atoms with E-state index in [9.17, 15) is 92.0 Å². The first kappa shape index (κ1) is 34.9. The van der Waals surface area contributed by atoms with Gasteiger partial charge in [0.2, 0.25) is 11.1 Å². The van der Waals surface area contributed by atoms with E-state index < -0.39 is 69.8 Å². The monoisotopic (exact) mass is 632 g/mol. The van der Waals surface area contributed by atoms with Crippen molar-refractivity contribution in [2.75, 3.05) is 0 Å². The molecule has 1 N–H and O–H groups in total. The first-order valence-corrected chi connectivity index (χ1v) is 8.57. The van der Waals surface area contributed by atoms with E-state index in [4.69, 9.17) is 4.55 Å². The average Bonchev–Trinajstić information content (AvgIpc) is 2.57. The first-order chi connectivity index (χ1) is 15.1. The van der Waals surface area contributed by atoms with Gasteiger partial charge in [-0.1, -0.05) is 0 Å². The molecule has 36 heavy (non-hydrogen) atoms. The molecule has 0 saturated heterocycles. The molecule has 0 fully saturated rings. The molecule has 0 heterocycles. The van der Waals surface area contributed by atoms with E-state index in [1.54, 1.807) is 0 Å². The van der Waals surface area contributed by atoms with Crippen molar-refractivity contribution in [1.82, 2.24) is 0 Å². The molecule has 0 spiro atoms. The summed E-state index contributed by atoms with van der Waals surface area (Å²) in [4.78, 5) is 0. The zero-order chi connectivity index (χ0) is 30.0. The summed E-state index contributed by atoms with van der Waals surface area (Å²) >= 11 is -2.00. The molecule has 0 aliphatic rings. The maximum atomic E-state index is 13.3. The third-order valence-corrected chi connectivity index (χ3v) is 4.23. The average molecular weight is 633 g/mol. The third kappa shape index (κ3) is 5.25. The molecule has 0 amide bonds. The summed E-state index contributed by atoms with van der Waals surface area (Å²) in [7, 11) is 0. The predicted octanol–water partition coefficient (Wildman–Crippen LogP) is 6.58. The van der Waals surface area contributed by atoms with Gasteiger partial charge in [-0.15, -0.1) is 0 Å². The molecule has 0 radical (unpaired) electrons. The number of alkyl halides is 21. The molecule has 0 aromatic rings. The topological polar surface area (TPSA) is 55.8 Å². The van der Waals surface area contributed by atoms with Crippen LogP contribution in [0.3, 0.4) is 0 Å². The maximum Gasteiger partial charge on any atom is 0.453 e. The van der Waals surface area contributed by atoms with Gasteiger partial charge in [-0.2, -0.15) is 87.8 Å². The lowest BCUT2D eigenvalue weighted by Crippen LogP contribution is -2.71. The van der Waals surface area contributed by atoms with Crippen molar-refractivity contribution in [3.05, 3.63) is 0 Å². The van der Waals surface area contributed by atoms with Gasteiger partial charge in [0.05, 0.1) is 0 Å². The number of halogens is 21. The van der Waals surface area contributed by atoms with Crippen molar-refractivity contribution in [2.24, 2.45) is 0 Å². The Morgan fingerprint density at radius 3 is 1.03 bits per heavy atom. The quantitative estimate of drug-likeness (QED) is 0.150. The molecular weight excluding hydrogens is 632 g/mol. The summed E-state index contributed by atoms with van der Waals surface area (Å²) < 4.78 is 279. The van der Waals surface area contributed by atoms with Gasteiger partial charge in [0.25, 0.3) is 0 Å². The lowest BCUT2D eigenvalue weighted by molar-refractivity contribution is -0.548. The van der Waals surface area contributed by atoms with Gasteiger partial charge in [-0.25, -0.2) is 13.7 Å². The molecule has 0 aromatic carbocycles.